The third-order valence-corrected chi connectivity index (χ3v) is 3.75. The molecule has 0 radical (unpaired) electrons. The van der Waals surface area contributed by atoms with Crippen LogP contribution in [0.5, 0.6) is 0 Å². The van der Waals surface area contributed by atoms with Crippen LogP contribution < -0.4 is 5.73 Å². The van der Waals surface area contributed by atoms with Crippen LogP contribution in [0.1, 0.15) is 37.3 Å². The van der Waals surface area contributed by atoms with Crippen molar-refractivity contribution < 1.29 is 8.78 Å². The molecule has 1 fully saturated rings. The van der Waals surface area contributed by atoms with Crippen LogP contribution in [-0.4, -0.2) is 6.04 Å². The van der Waals surface area contributed by atoms with Crippen molar-refractivity contribution >= 4 is 11.6 Å². The third-order valence-electron chi connectivity index (χ3n) is 3.44. The van der Waals surface area contributed by atoms with Crippen molar-refractivity contribution in [2.24, 2.45) is 5.73 Å². The number of halogens is 3. The second-order valence-corrected chi connectivity index (χ2v) is 4.89. The van der Waals surface area contributed by atoms with Crippen molar-refractivity contribution in [1.82, 2.24) is 0 Å². The highest BCUT2D eigenvalue weighted by Gasteiger charge is 2.48. The second-order valence-electron chi connectivity index (χ2n) is 4.48. The summed E-state index contributed by atoms with van der Waals surface area (Å²) >= 11 is 6.05. The standard InChI is InChI=1S/C12H14ClF2N/c1-7(16)12(4-5-12)9-3-2-8(11(14)15)6-10(9)13/h2-3,6-7,11H,4-5,16H2,1H3. The summed E-state index contributed by atoms with van der Waals surface area (Å²) in [6, 6.07) is 4.49. The lowest BCUT2D eigenvalue weighted by atomic mass is 9.89. The Bertz CT molecular complexity index is 400. The van der Waals surface area contributed by atoms with E-state index in [1.807, 2.05) is 6.92 Å². The van der Waals surface area contributed by atoms with E-state index in [-0.39, 0.29) is 17.0 Å². The van der Waals surface area contributed by atoms with Crippen LogP contribution in [0.3, 0.4) is 0 Å². The molecule has 88 valence electrons. The van der Waals surface area contributed by atoms with Gasteiger partial charge in [0.15, 0.2) is 0 Å². The van der Waals surface area contributed by atoms with E-state index in [1.54, 1.807) is 6.07 Å². The van der Waals surface area contributed by atoms with Crippen molar-refractivity contribution in [3.05, 3.63) is 34.3 Å². The van der Waals surface area contributed by atoms with Gasteiger partial charge in [0.2, 0.25) is 0 Å². The molecule has 2 N–H and O–H groups in total. The van der Waals surface area contributed by atoms with Crippen LogP contribution in [0.2, 0.25) is 5.02 Å². The second kappa shape index (κ2) is 3.97. The minimum atomic E-state index is -2.47. The van der Waals surface area contributed by atoms with Gasteiger partial charge in [-0.05, 0) is 31.4 Å². The number of nitrogens with two attached hydrogens (primary N) is 1. The van der Waals surface area contributed by atoms with Gasteiger partial charge in [-0.2, -0.15) is 0 Å². The largest absolute Gasteiger partial charge is 0.327 e. The molecule has 1 aliphatic carbocycles. The summed E-state index contributed by atoms with van der Waals surface area (Å²) in [5.41, 5.74) is 6.72. The van der Waals surface area contributed by atoms with Crippen LogP contribution in [0.15, 0.2) is 18.2 Å². The zero-order valence-electron chi connectivity index (χ0n) is 9.01. The lowest BCUT2D eigenvalue weighted by molar-refractivity contribution is 0.151. The van der Waals surface area contributed by atoms with Gasteiger partial charge in [-0.25, -0.2) is 8.78 Å². The molecule has 4 heteroatoms. The Morgan fingerprint density at radius 3 is 2.38 bits per heavy atom. The molecular formula is C12H14ClF2N. The van der Waals surface area contributed by atoms with Crippen LogP contribution in [0.25, 0.3) is 0 Å². The fourth-order valence-electron chi connectivity index (χ4n) is 2.18. The van der Waals surface area contributed by atoms with Gasteiger partial charge in [-0.3, -0.25) is 0 Å². The predicted octanol–water partition coefficient (Wildman–Crippen LogP) is 3.66. The monoisotopic (exact) mass is 245 g/mol. The van der Waals surface area contributed by atoms with Crippen molar-refractivity contribution in [3.8, 4) is 0 Å². The lowest BCUT2D eigenvalue weighted by Crippen LogP contribution is -2.31. The molecule has 0 bridgehead atoms. The maximum Gasteiger partial charge on any atom is 0.263 e. The number of hydrogen-bond donors (Lipinski definition) is 1. The van der Waals surface area contributed by atoms with Crippen LogP contribution in [0, 0.1) is 0 Å². The van der Waals surface area contributed by atoms with Gasteiger partial charge in [0, 0.05) is 22.0 Å². The van der Waals surface area contributed by atoms with Gasteiger partial charge in [0.25, 0.3) is 6.43 Å². The highest BCUT2D eigenvalue weighted by molar-refractivity contribution is 6.31. The Balaban J connectivity index is 2.37. The van der Waals surface area contributed by atoms with E-state index < -0.39 is 6.43 Å². The molecule has 0 aliphatic heterocycles. The Hall–Kier alpha value is -0.670. The summed E-state index contributed by atoms with van der Waals surface area (Å²) in [6.45, 7) is 1.93. The number of benzene rings is 1. The normalized spacial score (nSPS) is 19.9. The van der Waals surface area contributed by atoms with Gasteiger partial charge in [0.05, 0.1) is 0 Å². The van der Waals surface area contributed by atoms with Gasteiger partial charge in [-0.15, -0.1) is 0 Å². The Morgan fingerprint density at radius 1 is 1.38 bits per heavy atom. The molecule has 0 amide bonds. The first-order valence-electron chi connectivity index (χ1n) is 5.31. The van der Waals surface area contributed by atoms with E-state index in [0.717, 1.165) is 18.4 Å². The first-order valence-corrected chi connectivity index (χ1v) is 5.69. The molecule has 1 aromatic carbocycles. The molecule has 0 saturated heterocycles. The van der Waals surface area contributed by atoms with E-state index >= 15 is 0 Å². The summed E-state index contributed by atoms with van der Waals surface area (Å²) in [5.74, 6) is 0. The Labute approximate surface area is 98.6 Å². The van der Waals surface area contributed by atoms with Crippen LogP contribution in [0.4, 0.5) is 8.78 Å². The zero-order valence-corrected chi connectivity index (χ0v) is 9.77. The van der Waals surface area contributed by atoms with Crippen molar-refractivity contribution in [1.29, 1.82) is 0 Å². The van der Waals surface area contributed by atoms with E-state index in [2.05, 4.69) is 0 Å². The summed E-state index contributed by atoms with van der Waals surface area (Å²) in [4.78, 5) is 0. The van der Waals surface area contributed by atoms with E-state index in [1.165, 1.54) is 12.1 Å². The summed E-state index contributed by atoms with van der Waals surface area (Å²) < 4.78 is 24.9. The van der Waals surface area contributed by atoms with Crippen molar-refractivity contribution in [2.45, 2.75) is 37.6 Å². The van der Waals surface area contributed by atoms with Gasteiger partial charge >= 0.3 is 0 Å². The lowest BCUT2D eigenvalue weighted by Gasteiger charge is -2.21. The first-order chi connectivity index (χ1) is 7.47. The van der Waals surface area contributed by atoms with E-state index in [9.17, 15) is 8.78 Å². The maximum absolute atomic E-state index is 12.5. The molecular weight excluding hydrogens is 232 g/mol. The Kier molecular flexibility index (Phi) is 2.93. The van der Waals surface area contributed by atoms with Crippen LogP contribution >= 0.6 is 11.6 Å². The number of alkyl halides is 2. The molecule has 0 aromatic heterocycles. The topological polar surface area (TPSA) is 26.0 Å². The highest BCUT2D eigenvalue weighted by atomic mass is 35.5. The molecule has 1 atom stereocenters. The summed E-state index contributed by atoms with van der Waals surface area (Å²) in [7, 11) is 0. The molecule has 1 unspecified atom stereocenters. The SMILES string of the molecule is CC(N)C1(c2ccc(C(F)F)cc2Cl)CC1. The average Bonchev–Trinajstić information content (AvgIpc) is 2.98. The molecule has 1 saturated carbocycles. The third kappa shape index (κ3) is 1.82. The van der Waals surface area contributed by atoms with E-state index in [4.69, 9.17) is 17.3 Å². The molecule has 1 nitrogen and oxygen atoms in total. The van der Waals surface area contributed by atoms with Gasteiger partial charge < -0.3 is 5.73 Å². The fourth-order valence-corrected chi connectivity index (χ4v) is 2.55. The van der Waals surface area contributed by atoms with Gasteiger partial charge in [0.1, 0.15) is 0 Å². The molecule has 16 heavy (non-hydrogen) atoms. The molecule has 1 aromatic rings. The molecule has 0 heterocycles. The van der Waals surface area contributed by atoms with Gasteiger partial charge in [-0.1, -0.05) is 23.7 Å². The maximum atomic E-state index is 12.5. The van der Waals surface area contributed by atoms with Crippen LogP contribution in [-0.2, 0) is 5.41 Å². The molecule has 0 spiro atoms. The molecule has 2 rings (SSSR count). The highest BCUT2D eigenvalue weighted by Crippen LogP contribution is 2.52. The van der Waals surface area contributed by atoms with Crippen molar-refractivity contribution in [2.75, 3.05) is 0 Å². The Morgan fingerprint density at radius 2 is 2.00 bits per heavy atom. The smallest absolute Gasteiger partial charge is 0.263 e. The average molecular weight is 246 g/mol. The summed E-state index contributed by atoms with van der Waals surface area (Å²) in [6.07, 6.45) is -0.506. The number of hydrogen-bond acceptors (Lipinski definition) is 1. The minimum Gasteiger partial charge on any atom is -0.327 e. The summed E-state index contributed by atoms with van der Waals surface area (Å²) in [5, 5.41) is 0.410. The quantitative estimate of drug-likeness (QED) is 0.864. The molecule has 1 aliphatic rings. The number of rotatable bonds is 3. The fraction of sp³-hybridized carbons (Fsp3) is 0.500. The predicted molar refractivity (Wildman–Crippen MR) is 61.0 cm³/mol. The zero-order chi connectivity index (χ0) is 11.9. The minimum absolute atomic E-state index is 0.00222. The van der Waals surface area contributed by atoms with Crippen molar-refractivity contribution in [3.63, 3.8) is 0 Å². The first kappa shape index (κ1) is 11.8. The van der Waals surface area contributed by atoms with E-state index in [0.29, 0.717) is 5.02 Å².